The van der Waals surface area contributed by atoms with Gasteiger partial charge in [0.2, 0.25) is 0 Å². The van der Waals surface area contributed by atoms with E-state index in [4.69, 9.17) is 0 Å². The van der Waals surface area contributed by atoms with Crippen LogP contribution in [0.2, 0.25) is 0 Å². The zero-order chi connectivity index (χ0) is 9.56. The minimum atomic E-state index is 0.825. The summed E-state index contributed by atoms with van der Waals surface area (Å²) in [5.74, 6) is 0.825. The molecule has 1 saturated carbocycles. The first-order valence-electron chi connectivity index (χ1n) is 5.40. The summed E-state index contributed by atoms with van der Waals surface area (Å²) in [6.45, 7) is 9.84. The summed E-state index contributed by atoms with van der Waals surface area (Å²) >= 11 is 0. The molecule has 0 aromatic carbocycles. The van der Waals surface area contributed by atoms with E-state index in [0.717, 1.165) is 12.0 Å². The maximum atomic E-state index is 2.51. The highest BCUT2D eigenvalue weighted by molar-refractivity contribution is 4.77. The zero-order valence-corrected chi connectivity index (χ0v) is 9.43. The molecular formula is C11H25N. The molecule has 0 amide bonds. The molecule has 0 bridgehead atoms. The summed E-state index contributed by atoms with van der Waals surface area (Å²) in [6, 6.07) is 0.919. The van der Waals surface area contributed by atoms with Crippen molar-refractivity contribution in [1.29, 1.82) is 0 Å². The molecule has 1 heteroatoms. The molecule has 0 radical (unpaired) electrons. The summed E-state index contributed by atoms with van der Waals surface area (Å²) in [5.41, 5.74) is 0. The lowest BCUT2D eigenvalue weighted by molar-refractivity contribution is 0.145. The number of hydrogen-bond donors (Lipinski definition) is 0. The molecule has 0 atom stereocenters. The lowest BCUT2D eigenvalue weighted by atomic mass is 9.91. The molecule has 74 valence electrons. The fourth-order valence-electron chi connectivity index (χ4n) is 1.55. The van der Waals surface area contributed by atoms with Crippen LogP contribution in [0.5, 0.6) is 0 Å². The molecule has 1 fully saturated rings. The normalized spacial score (nSPS) is 17.2. The predicted octanol–water partition coefficient (Wildman–Crippen LogP) is 3.15. The van der Waals surface area contributed by atoms with Gasteiger partial charge in [0.25, 0.3) is 0 Å². The molecule has 0 aliphatic heterocycles. The van der Waals surface area contributed by atoms with Gasteiger partial charge in [-0.15, -0.1) is 0 Å². The second-order valence-corrected chi connectivity index (χ2v) is 3.92. The van der Waals surface area contributed by atoms with Gasteiger partial charge in [0.05, 0.1) is 0 Å². The third-order valence-corrected chi connectivity index (χ3v) is 2.35. The maximum absolute atomic E-state index is 2.51. The quantitative estimate of drug-likeness (QED) is 0.630. The Kier molecular flexibility index (Phi) is 6.45. The summed E-state index contributed by atoms with van der Waals surface area (Å²) in [6.07, 6.45) is 4.32. The molecule has 1 nitrogen and oxygen atoms in total. The minimum absolute atomic E-state index is 0.825. The minimum Gasteiger partial charge on any atom is -0.303 e. The van der Waals surface area contributed by atoms with Crippen LogP contribution < -0.4 is 0 Å². The molecule has 0 saturated heterocycles. The largest absolute Gasteiger partial charge is 0.303 e. The van der Waals surface area contributed by atoms with Crippen molar-refractivity contribution in [1.82, 2.24) is 4.90 Å². The number of hydrogen-bond acceptors (Lipinski definition) is 1. The maximum Gasteiger partial charge on any atom is 0.00923 e. The molecule has 0 aromatic rings. The van der Waals surface area contributed by atoms with Crippen molar-refractivity contribution in [2.45, 2.75) is 53.0 Å². The van der Waals surface area contributed by atoms with Crippen LogP contribution >= 0.6 is 0 Å². The molecule has 1 aliphatic carbocycles. The van der Waals surface area contributed by atoms with Gasteiger partial charge in [-0.1, -0.05) is 34.1 Å². The lowest BCUT2D eigenvalue weighted by Gasteiger charge is -2.35. The third-order valence-electron chi connectivity index (χ3n) is 2.35. The van der Waals surface area contributed by atoms with Gasteiger partial charge >= 0.3 is 0 Å². The Bertz CT molecular complexity index is 95.2. The highest BCUT2D eigenvalue weighted by Gasteiger charge is 2.21. The molecule has 0 N–H and O–H groups in total. The Hall–Kier alpha value is -0.0400. The van der Waals surface area contributed by atoms with Crippen molar-refractivity contribution in [3.63, 3.8) is 0 Å². The predicted molar refractivity (Wildman–Crippen MR) is 56.5 cm³/mol. The first kappa shape index (κ1) is 12.0. The summed E-state index contributed by atoms with van der Waals surface area (Å²) in [5, 5.41) is 0. The van der Waals surface area contributed by atoms with Crippen molar-refractivity contribution < 1.29 is 0 Å². The second-order valence-electron chi connectivity index (χ2n) is 3.92. The van der Waals surface area contributed by atoms with Gasteiger partial charge in [0.1, 0.15) is 0 Å². The molecule has 0 aromatic heterocycles. The average Bonchev–Trinajstić information content (AvgIpc) is 1.85. The second kappa shape index (κ2) is 6.47. The highest BCUT2D eigenvalue weighted by Crippen LogP contribution is 2.23. The molecule has 1 aliphatic rings. The fraction of sp³-hybridized carbons (Fsp3) is 1.00. The van der Waals surface area contributed by atoms with Gasteiger partial charge in [-0.25, -0.2) is 0 Å². The fourth-order valence-corrected chi connectivity index (χ4v) is 1.55. The molecular weight excluding hydrogens is 146 g/mol. The highest BCUT2D eigenvalue weighted by atomic mass is 15.1. The van der Waals surface area contributed by atoms with Gasteiger partial charge in [-0.05, 0) is 25.8 Å². The standard InChI is InChI=1S/C9H19N.C2H6/c1-8(2)7-10(3)9-5-4-6-9;1-2/h8-9H,4-7H2,1-3H3;1-2H3. The van der Waals surface area contributed by atoms with Crippen LogP contribution in [0.1, 0.15) is 47.0 Å². The van der Waals surface area contributed by atoms with E-state index < -0.39 is 0 Å². The first-order valence-corrected chi connectivity index (χ1v) is 5.40. The Balaban J connectivity index is 0.000000561. The Morgan fingerprint density at radius 3 is 2.00 bits per heavy atom. The summed E-state index contributed by atoms with van der Waals surface area (Å²) in [7, 11) is 2.25. The summed E-state index contributed by atoms with van der Waals surface area (Å²) < 4.78 is 0. The van der Waals surface area contributed by atoms with Crippen molar-refractivity contribution in [3.05, 3.63) is 0 Å². The third kappa shape index (κ3) is 4.10. The Morgan fingerprint density at radius 2 is 1.75 bits per heavy atom. The van der Waals surface area contributed by atoms with E-state index in [9.17, 15) is 0 Å². The molecule has 1 rings (SSSR count). The Labute approximate surface area is 78.1 Å². The molecule has 0 spiro atoms. The average molecular weight is 171 g/mol. The van der Waals surface area contributed by atoms with Crippen LogP contribution in [0, 0.1) is 5.92 Å². The van der Waals surface area contributed by atoms with Crippen molar-refractivity contribution in [3.8, 4) is 0 Å². The van der Waals surface area contributed by atoms with Crippen LogP contribution in [-0.4, -0.2) is 24.5 Å². The van der Waals surface area contributed by atoms with E-state index in [2.05, 4.69) is 25.8 Å². The molecule has 0 unspecified atom stereocenters. The summed E-state index contributed by atoms with van der Waals surface area (Å²) in [4.78, 5) is 2.51. The van der Waals surface area contributed by atoms with Crippen LogP contribution in [-0.2, 0) is 0 Å². The monoisotopic (exact) mass is 171 g/mol. The molecule has 0 heterocycles. The van der Waals surface area contributed by atoms with E-state index in [1.165, 1.54) is 25.8 Å². The SMILES string of the molecule is CC.CC(C)CN(C)C1CCC1. The Morgan fingerprint density at radius 1 is 1.25 bits per heavy atom. The smallest absolute Gasteiger partial charge is 0.00923 e. The number of nitrogens with zero attached hydrogens (tertiary/aromatic N) is 1. The lowest BCUT2D eigenvalue weighted by Crippen LogP contribution is -2.39. The van der Waals surface area contributed by atoms with Crippen LogP contribution in [0.15, 0.2) is 0 Å². The van der Waals surface area contributed by atoms with Crippen molar-refractivity contribution in [2.24, 2.45) is 5.92 Å². The van der Waals surface area contributed by atoms with Gasteiger partial charge in [0.15, 0.2) is 0 Å². The van der Waals surface area contributed by atoms with Gasteiger partial charge in [-0.3, -0.25) is 0 Å². The zero-order valence-electron chi connectivity index (χ0n) is 9.43. The van der Waals surface area contributed by atoms with Gasteiger partial charge in [-0.2, -0.15) is 0 Å². The van der Waals surface area contributed by atoms with Crippen LogP contribution in [0.25, 0.3) is 0 Å². The van der Waals surface area contributed by atoms with Crippen LogP contribution in [0.3, 0.4) is 0 Å². The van der Waals surface area contributed by atoms with E-state index in [0.29, 0.717) is 0 Å². The topological polar surface area (TPSA) is 3.24 Å². The van der Waals surface area contributed by atoms with E-state index >= 15 is 0 Å². The van der Waals surface area contributed by atoms with Crippen LogP contribution in [0.4, 0.5) is 0 Å². The van der Waals surface area contributed by atoms with Gasteiger partial charge in [0, 0.05) is 12.6 Å². The van der Waals surface area contributed by atoms with E-state index in [1.807, 2.05) is 13.8 Å². The molecule has 12 heavy (non-hydrogen) atoms. The van der Waals surface area contributed by atoms with E-state index in [-0.39, 0.29) is 0 Å². The first-order chi connectivity index (χ1) is 5.70. The van der Waals surface area contributed by atoms with Crippen molar-refractivity contribution >= 4 is 0 Å². The van der Waals surface area contributed by atoms with Crippen molar-refractivity contribution in [2.75, 3.05) is 13.6 Å². The van der Waals surface area contributed by atoms with E-state index in [1.54, 1.807) is 0 Å². The number of rotatable bonds is 3. The van der Waals surface area contributed by atoms with Gasteiger partial charge < -0.3 is 4.90 Å².